The summed E-state index contributed by atoms with van der Waals surface area (Å²) in [5, 5.41) is 1.42. The van der Waals surface area contributed by atoms with E-state index < -0.39 is 5.63 Å². The predicted octanol–water partition coefficient (Wildman–Crippen LogP) is 5.79. The molecule has 2 heterocycles. The summed E-state index contributed by atoms with van der Waals surface area (Å²) in [5.74, 6) is 2.06. The topological polar surface area (TPSA) is 56.0 Å². The Labute approximate surface area is 175 Å². The van der Waals surface area contributed by atoms with Crippen LogP contribution in [0.2, 0.25) is 5.02 Å². The van der Waals surface area contributed by atoms with Crippen LogP contribution in [0.4, 0.5) is 0 Å². The minimum absolute atomic E-state index is 0.256. The molecule has 0 bridgehead atoms. The second-order valence-electron chi connectivity index (χ2n) is 5.81. The van der Waals surface area contributed by atoms with Crippen LogP contribution in [0, 0.1) is 0 Å². The SMILES string of the molecule is O=c1oc(-c2cccnc2SCCSc2ccccc2)nc2cccc(Cl)c12. The summed E-state index contributed by atoms with van der Waals surface area (Å²) in [4.78, 5) is 22.6. The lowest BCUT2D eigenvalue weighted by Gasteiger charge is -2.07. The van der Waals surface area contributed by atoms with Gasteiger partial charge in [-0.3, -0.25) is 0 Å². The maximum atomic E-state index is 12.4. The van der Waals surface area contributed by atoms with Crippen molar-refractivity contribution in [2.24, 2.45) is 0 Å². The standard InChI is InChI=1S/C21H15ClN2O2S2/c22-16-9-4-10-17-18(16)21(25)26-19(24-17)15-8-5-11-23-20(15)28-13-12-27-14-6-2-1-3-7-14/h1-11H,12-13H2. The van der Waals surface area contributed by atoms with Crippen LogP contribution in [-0.2, 0) is 0 Å². The van der Waals surface area contributed by atoms with E-state index >= 15 is 0 Å². The zero-order chi connectivity index (χ0) is 19.3. The first kappa shape index (κ1) is 19.1. The van der Waals surface area contributed by atoms with Gasteiger partial charge in [0.15, 0.2) is 0 Å². The van der Waals surface area contributed by atoms with Crippen molar-refractivity contribution in [3.05, 3.63) is 82.3 Å². The number of fused-ring (bicyclic) bond motifs is 1. The molecule has 2 aromatic carbocycles. The van der Waals surface area contributed by atoms with Gasteiger partial charge in [-0.15, -0.1) is 23.5 Å². The Bertz CT molecular complexity index is 1170. The van der Waals surface area contributed by atoms with E-state index in [-0.39, 0.29) is 5.89 Å². The van der Waals surface area contributed by atoms with Crippen LogP contribution in [0.5, 0.6) is 0 Å². The molecule has 0 amide bonds. The van der Waals surface area contributed by atoms with Crippen molar-refractivity contribution in [3.63, 3.8) is 0 Å². The Morgan fingerprint density at radius 1 is 0.929 bits per heavy atom. The van der Waals surface area contributed by atoms with Crippen LogP contribution in [-0.4, -0.2) is 21.5 Å². The Morgan fingerprint density at radius 3 is 2.61 bits per heavy atom. The molecule has 0 fully saturated rings. The van der Waals surface area contributed by atoms with Crippen molar-refractivity contribution in [1.29, 1.82) is 0 Å². The zero-order valence-electron chi connectivity index (χ0n) is 14.7. The van der Waals surface area contributed by atoms with E-state index in [0.717, 1.165) is 16.5 Å². The summed E-state index contributed by atoms with van der Waals surface area (Å²) < 4.78 is 5.46. The Balaban J connectivity index is 1.56. The number of benzene rings is 2. The van der Waals surface area contributed by atoms with E-state index in [2.05, 4.69) is 22.1 Å². The molecule has 0 aliphatic rings. The van der Waals surface area contributed by atoms with Gasteiger partial charge in [0.25, 0.3) is 0 Å². The van der Waals surface area contributed by atoms with Crippen LogP contribution in [0.15, 0.2) is 86.0 Å². The monoisotopic (exact) mass is 426 g/mol. The number of nitrogens with zero attached hydrogens (tertiary/aromatic N) is 2. The lowest BCUT2D eigenvalue weighted by molar-refractivity contribution is 0.516. The summed E-state index contributed by atoms with van der Waals surface area (Å²) in [6, 6.07) is 19.1. The fourth-order valence-electron chi connectivity index (χ4n) is 2.68. The van der Waals surface area contributed by atoms with Gasteiger partial charge in [-0.25, -0.2) is 14.8 Å². The molecule has 0 radical (unpaired) electrons. The molecular weight excluding hydrogens is 412 g/mol. The number of hydrogen-bond acceptors (Lipinski definition) is 6. The number of aromatic nitrogens is 2. The first-order chi connectivity index (χ1) is 13.7. The molecule has 0 atom stereocenters. The summed E-state index contributed by atoms with van der Waals surface area (Å²) in [6.07, 6.45) is 1.73. The maximum absolute atomic E-state index is 12.4. The van der Waals surface area contributed by atoms with E-state index in [0.29, 0.717) is 21.5 Å². The second-order valence-corrected chi connectivity index (χ2v) is 8.47. The Morgan fingerprint density at radius 2 is 1.75 bits per heavy atom. The molecule has 2 aromatic heterocycles. The smallest absolute Gasteiger partial charge is 0.348 e. The van der Waals surface area contributed by atoms with E-state index in [1.807, 2.05) is 30.3 Å². The highest BCUT2D eigenvalue weighted by molar-refractivity contribution is 8.03. The lowest BCUT2D eigenvalue weighted by Crippen LogP contribution is -2.04. The molecule has 4 rings (SSSR count). The number of halogens is 1. The fourth-order valence-corrected chi connectivity index (χ4v) is 4.82. The molecule has 140 valence electrons. The molecule has 4 nitrogen and oxygen atoms in total. The Kier molecular flexibility index (Phi) is 6.00. The van der Waals surface area contributed by atoms with Crippen LogP contribution in [0.1, 0.15) is 0 Å². The average molecular weight is 427 g/mol. The molecular formula is C21H15ClN2O2S2. The molecule has 0 aliphatic heterocycles. The number of rotatable bonds is 6. The number of pyridine rings is 1. The molecule has 0 saturated heterocycles. The lowest BCUT2D eigenvalue weighted by atomic mass is 10.2. The van der Waals surface area contributed by atoms with Gasteiger partial charge in [-0.2, -0.15) is 0 Å². The fraction of sp³-hybridized carbons (Fsp3) is 0.0952. The van der Waals surface area contributed by atoms with Gasteiger partial charge >= 0.3 is 5.63 Å². The molecule has 0 aliphatic carbocycles. The highest BCUT2D eigenvalue weighted by Gasteiger charge is 2.15. The van der Waals surface area contributed by atoms with Crippen molar-refractivity contribution in [1.82, 2.24) is 9.97 Å². The van der Waals surface area contributed by atoms with Crippen LogP contribution >= 0.6 is 35.1 Å². The van der Waals surface area contributed by atoms with Gasteiger partial charge in [0.05, 0.1) is 16.1 Å². The summed E-state index contributed by atoms with van der Waals surface area (Å²) in [7, 11) is 0. The maximum Gasteiger partial charge on any atom is 0.348 e. The number of hydrogen-bond donors (Lipinski definition) is 0. The third kappa shape index (κ3) is 4.24. The molecule has 4 aromatic rings. The third-order valence-corrected chi connectivity index (χ3v) is 6.54. The van der Waals surface area contributed by atoms with Gasteiger partial charge in [-0.1, -0.05) is 35.9 Å². The summed E-state index contributed by atoms with van der Waals surface area (Å²) in [5.41, 5.74) is 0.722. The van der Waals surface area contributed by atoms with Gasteiger partial charge in [0, 0.05) is 22.6 Å². The van der Waals surface area contributed by atoms with Crippen molar-refractivity contribution in [2.75, 3.05) is 11.5 Å². The van der Waals surface area contributed by atoms with Crippen molar-refractivity contribution < 1.29 is 4.42 Å². The van der Waals surface area contributed by atoms with E-state index in [4.69, 9.17) is 16.0 Å². The quantitative estimate of drug-likeness (QED) is 0.287. The Hall–Kier alpha value is -2.28. The highest BCUT2D eigenvalue weighted by Crippen LogP contribution is 2.30. The van der Waals surface area contributed by atoms with Crippen molar-refractivity contribution in [3.8, 4) is 11.5 Å². The van der Waals surface area contributed by atoms with Crippen molar-refractivity contribution in [2.45, 2.75) is 9.92 Å². The van der Waals surface area contributed by atoms with Crippen LogP contribution in [0.3, 0.4) is 0 Å². The predicted molar refractivity (Wildman–Crippen MR) is 116 cm³/mol. The molecule has 0 N–H and O–H groups in total. The average Bonchev–Trinajstić information content (AvgIpc) is 2.72. The van der Waals surface area contributed by atoms with E-state index in [1.54, 1.807) is 47.9 Å². The first-order valence-electron chi connectivity index (χ1n) is 8.58. The minimum atomic E-state index is -0.495. The van der Waals surface area contributed by atoms with Crippen LogP contribution in [0.25, 0.3) is 22.4 Å². The zero-order valence-corrected chi connectivity index (χ0v) is 17.1. The van der Waals surface area contributed by atoms with Gasteiger partial charge in [0.1, 0.15) is 10.4 Å². The molecule has 28 heavy (non-hydrogen) atoms. The normalized spacial score (nSPS) is 11.0. The third-order valence-electron chi connectivity index (χ3n) is 3.94. The molecule has 7 heteroatoms. The first-order valence-corrected chi connectivity index (χ1v) is 10.9. The van der Waals surface area contributed by atoms with Gasteiger partial charge < -0.3 is 4.42 Å². The minimum Gasteiger partial charge on any atom is -0.403 e. The highest BCUT2D eigenvalue weighted by atomic mass is 35.5. The van der Waals surface area contributed by atoms with E-state index in [1.165, 1.54) is 4.90 Å². The summed E-state index contributed by atoms with van der Waals surface area (Å²) in [6.45, 7) is 0. The molecule has 0 spiro atoms. The summed E-state index contributed by atoms with van der Waals surface area (Å²) >= 11 is 9.52. The number of thioether (sulfide) groups is 2. The molecule has 0 saturated carbocycles. The second kappa shape index (κ2) is 8.82. The van der Waals surface area contributed by atoms with Gasteiger partial charge in [0.2, 0.25) is 5.89 Å². The molecule has 0 unspecified atom stereocenters. The van der Waals surface area contributed by atoms with Gasteiger partial charge in [-0.05, 0) is 36.4 Å². The largest absolute Gasteiger partial charge is 0.403 e. The van der Waals surface area contributed by atoms with Crippen LogP contribution < -0.4 is 5.63 Å². The van der Waals surface area contributed by atoms with E-state index in [9.17, 15) is 4.79 Å². The van der Waals surface area contributed by atoms with Crippen molar-refractivity contribution >= 4 is 46.0 Å².